The van der Waals surface area contributed by atoms with Crippen LogP contribution in [0.5, 0.6) is 0 Å². The molecule has 2 N–H and O–H groups in total. The van der Waals surface area contributed by atoms with Gasteiger partial charge in [0.15, 0.2) is 0 Å². The summed E-state index contributed by atoms with van der Waals surface area (Å²) in [5.74, 6) is -1.71. The van der Waals surface area contributed by atoms with Crippen LogP contribution in [0.3, 0.4) is 0 Å². The van der Waals surface area contributed by atoms with Gasteiger partial charge in [0.25, 0.3) is 5.91 Å². The summed E-state index contributed by atoms with van der Waals surface area (Å²) in [6.07, 6.45) is 4.44. The van der Waals surface area contributed by atoms with E-state index in [2.05, 4.69) is 15.5 Å². The lowest BCUT2D eigenvalue weighted by molar-refractivity contribution is -0.141. The zero-order valence-electron chi connectivity index (χ0n) is 12.3. The maximum atomic E-state index is 12.0. The first-order valence-corrected chi connectivity index (χ1v) is 7.08. The normalized spacial score (nSPS) is 11.9. The molecule has 1 unspecified atom stereocenters. The van der Waals surface area contributed by atoms with Crippen molar-refractivity contribution in [3.05, 3.63) is 42.5 Å². The number of hydrogen-bond acceptors (Lipinski definition) is 4. The van der Waals surface area contributed by atoms with Crippen LogP contribution >= 0.6 is 0 Å². The zero-order valence-corrected chi connectivity index (χ0v) is 12.3. The van der Waals surface area contributed by atoms with Crippen LogP contribution in [0.2, 0.25) is 0 Å². The highest BCUT2D eigenvalue weighted by molar-refractivity contribution is 5.94. The topological polar surface area (TPSA) is 97.1 Å². The van der Waals surface area contributed by atoms with Crippen LogP contribution in [-0.2, 0) is 4.79 Å². The van der Waals surface area contributed by atoms with Crippen LogP contribution in [0.15, 0.2) is 36.9 Å². The standard InChI is InChI=1S/C15H18N4O3/c1-2-3-12(15(21)22)8-16-14(20)11-4-6-13(7-5-11)19-9-17-18-10-19/h4-7,9-10,12H,2-3,8H2,1H3,(H,16,20)(H,21,22). The molecule has 0 bridgehead atoms. The van der Waals surface area contributed by atoms with Crippen molar-refractivity contribution in [2.45, 2.75) is 19.8 Å². The highest BCUT2D eigenvalue weighted by Crippen LogP contribution is 2.10. The highest BCUT2D eigenvalue weighted by atomic mass is 16.4. The summed E-state index contributed by atoms with van der Waals surface area (Å²) in [5.41, 5.74) is 1.33. The Kier molecular flexibility index (Phi) is 5.24. The summed E-state index contributed by atoms with van der Waals surface area (Å²) in [4.78, 5) is 23.1. The van der Waals surface area contributed by atoms with Crippen molar-refractivity contribution in [3.63, 3.8) is 0 Å². The second-order valence-corrected chi connectivity index (χ2v) is 4.95. The van der Waals surface area contributed by atoms with Crippen molar-refractivity contribution in [3.8, 4) is 5.69 Å². The monoisotopic (exact) mass is 302 g/mol. The van der Waals surface area contributed by atoms with E-state index in [9.17, 15) is 9.59 Å². The van der Waals surface area contributed by atoms with Gasteiger partial charge in [0.1, 0.15) is 12.7 Å². The van der Waals surface area contributed by atoms with Crippen LogP contribution in [-0.4, -0.2) is 38.3 Å². The SMILES string of the molecule is CCCC(CNC(=O)c1ccc(-n2cnnc2)cc1)C(=O)O. The van der Waals surface area contributed by atoms with E-state index in [4.69, 9.17) is 5.11 Å². The molecule has 0 radical (unpaired) electrons. The van der Waals surface area contributed by atoms with Crippen molar-refractivity contribution in [1.29, 1.82) is 0 Å². The van der Waals surface area contributed by atoms with E-state index >= 15 is 0 Å². The number of rotatable bonds is 7. The first kappa shape index (κ1) is 15.7. The van der Waals surface area contributed by atoms with Gasteiger partial charge in [-0.2, -0.15) is 0 Å². The number of carboxylic acid groups (broad SMARTS) is 1. The Hall–Kier alpha value is -2.70. The minimum absolute atomic E-state index is 0.134. The molecule has 1 heterocycles. The first-order chi connectivity index (χ1) is 10.6. The fourth-order valence-electron chi connectivity index (χ4n) is 2.10. The quantitative estimate of drug-likeness (QED) is 0.807. The molecule has 0 aliphatic carbocycles. The van der Waals surface area contributed by atoms with E-state index in [1.165, 1.54) is 0 Å². The average molecular weight is 302 g/mol. The van der Waals surface area contributed by atoms with Crippen molar-refractivity contribution in [2.24, 2.45) is 5.92 Å². The van der Waals surface area contributed by atoms with Gasteiger partial charge >= 0.3 is 5.97 Å². The van der Waals surface area contributed by atoms with Gasteiger partial charge in [-0.25, -0.2) is 0 Å². The third-order valence-corrected chi connectivity index (χ3v) is 3.34. The third-order valence-electron chi connectivity index (χ3n) is 3.34. The van der Waals surface area contributed by atoms with E-state index in [0.717, 1.165) is 12.1 Å². The largest absolute Gasteiger partial charge is 0.481 e. The molecular formula is C15H18N4O3. The number of carboxylic acids is 1. The van der Waals surface area contributed by atoms with E-state index in [-0.39, 0.29) is 12.5 Å². The fraction of sp³-hybridized carbons (Fsp3) is 0.333. The minimum atomic E-state index is -0.884. The third kappa shape index (κ3) is 3.91. The summed E-state index contributed by atoms with van der Waals surface area (Å²) in [6, 6.07) is 6.92. The lowest BCUT2D eigenvalue weighted by Gasteiger charge is -2.12. The van der Waals surface area contributed by atoms with Crippen molar-refractivity contribution < 1.29 is 14.7 Å². The summed E-state index contributed by atoms with van der Waals surface area (Å²) >= 11 is 0. The highest BCUT2D eigenvalue weighted by Gasteiger charge is 2.17. The first-order valence-electron chi connectivity index (χ1n) is 7.08. The summed E-state index contributed by atoms with van der Waals surface area (Å²) in [5, 5.41) is 19.2. The number of hydrogen-bond donors (Lipinski definition) is 2. The Morgan fingerprint density at radius 2 is 1.86 bits per heavy atom. The summed E-state index contributed by atoms with van der Waals surface area (Å²) in [6.45, 7) is 2.05. The fourth-order valence-corrected chi connectivity index (χ4v) is 2.10. The number of amides is 1. The molecule has 7 heteroatoms. The van der Waals surface area contributed by atoms with Gasteiger partial charge in [0.05, 0.1) is 5.92 Å². The van der Waals surface area contributed by atoms with E-state index in [1.54, 1.807) is 41.5 Å². The Morgan fingerprint density at radius 1 is 1.23 bits per heavy atom. The van der Waals surface area contributed by atoms with E-state index < -0.39 is 11.9 Å². The molecule has 2 rings (SSSR count). The smallest absolute Gasteiger partial charge is 0.308 e. The second-order valence-electron chi connectivity index (χ2n) is 4.95. The number of carbonyl (C=O) groups excluding carboxylic acids is 1. The van der Waals surface area contributed by atoms with E-state index in [0.29, 0.717) is 12.0 Å². The number of carbonyl (C=O) groups is 2. The van der Waals surface area contributed by atoms with Gasteiger partial charge in [0.2, 0.25) is 0 Å². The van der Waals surface area contributed by atoms with Gasteiger partial charge < -0.3 is 10.4 Å². The molecule has 0 aliphatic heterocycles. The molecule has 1 aromatic carbocycles. The number of benzene rings is 1. The van der Waals surface area contributed by atoms with Crippen LogP contribution in [0.1, 0.15) is 30.1 Å². The van der Waals surface area contributed by atoms with Gasteiger partial charge in [-0.1, -0.05) is 13.3 Å². The number of nitrogens with one attached hydrogen (secondary N) is 1. The van der Waals surface area contributed by atoms with Crippen molar-refractivity contribution in [2.75, 3.05) is 6.54 Å². The lowest BCUT2D eigenvalue weighted by atomic mass is 10.0. The van der Waals surface area contributed by atoms with Gasteiger partial charge in [-0.15, -0.1) is 10.2 Å². The maximum Gasteiger partial charge on any atom is 0.308 e. The lowest BCUT2D eigenvalue weighted by Crippen LogP contribution is -2.32. The molecule has 0 saturated heterocycles. The molecule has 0 spiro atoms. The molecule has 1 amide bonds. The molecule has 7 nitrogen and oxygen atoms in total. The molecule has 0 saturated carbocycles. The predicted octanol–water partition coefficient (Wildman–Crippen LogP) is 1.50. The zero-order chi connectivity index (χ0) is 15.9. The molecule has 0 aliphatic rings. The van der Waals surface area contributed by atoms with Crippen LogP contribution in [0.25, 0.3) is 5.69 Å². The predicted molar refractivity (Wildman–Crippen MR) is 79.7 cm³/mol. The average Bonchev–Trinajstić information content (AvgIpc) is 3.05. The Balaban J connectivity index is 1.96. The Bertz CT molecular complexity index is 623. The number of nitrogens with zero attached hydrogens (tertiary/aromatic N) is 3. The second kappa shape index (κ2) is 7.35. The summed E-state index contributed by atoms with van der Waals surface area (Å²) in [7, 11) is 0. The van der Waals surface area contributed by atoms with Gasteiger partial charge in [-0.05, 0) is 30.7 Å². The Labute approximate surface area is 128 Å². The van der Waals surface area contributed by atoms with Gasteiger partial charge in [0, 0.05) is 17.8 Å². The molecule has 22 heavy (non-hydrogen) atoms. The number of aliphatic carboxylic acids is 1. The van der Waals surface area contributed by atoms with E-state index in [1.807, 2.05) is 6.92 Å². The van der Waals surface area contributed by atoms with Crippen molar-refractivity contribution in [1.82, 2.24) is 20.1 Å². The molecule has 116 valence electrons. The number of aromatic nitrogens is 3. The molecule has 0 fully saturated rings. The Morgan fingerprint density at radius 3 is 2.41 bits per heavy atom. The van der Waals surface area contributed by atoms with Crippen molar-refractivity contribution >= 4 is 11.9 Å². The maximum absolute atomic E-state index is 12.0. The summed E-state index contributed by atoms with van der Waals surface area (Å²) < 4.78 is 1.73. The van der Waals surface area contributed by atoms with Crippen LogP contribution < -0.4 is 5.32 Å². The van der Waals surface area contributed by atoms with Crippen LogP contribution in [0, 0.1) is 5.92 Å². The van der Waals surface area contributed by atoms with Crippen LogP contribution in [0.4, 0.5) is 0 Å². The molecular weight excluding hydrogens is 284 g/mol. The molecule has 2 aromatic rings. The molecule has 1 aromatic heterocycles. The molecule has 1 atom stereocenters. The van der Waals surface area contributed by atoms with Gasteiger partial charge in [-0.3, -0.25) is 14.2 Å². The minimum Gasteiger partial charge on any atom is -0.481 e.